The number of hydrogen-bond donors (Lipinski definition) is 0. The van der Waals surface area contributed by atoms with Crippen LogP contribution in [0.1, 0.15) is 110 Å². The molecule has 0 fully saturated rings. The average Bonchev–Trinajstić information content (AvgIpc) is 3.18. The first-order valence-electron chi connectivity index (χ1n) is 12.0. The highest BCUT2D eigenvalue weighted by Crippen LogP contribution is 2.25. The quantitative estimate of drug-likeness (QED) is 0.145. The lowest BCUT2D eigenvalue weighted by Crippen LogP contribution is -2.13. The molecule has 2 unspecified atom stereocenters. The van der Waals surface area contributed by atoms with E-state index in [-0.39, 0.29) is 0 Å². The van der Waals surface area contributed by atoms with Crippen molar-refractivity contribution in [1.29, 1.82) is 0 Å². The maximum atomic E-state index is 5.43. The van der Waals surface area contributed by atoms with Gasteiger partial charge in [0.1, 0.15) is 0 Å². The topological polar surface area (TPSA) is 46.3 Å². The van der Waals surface area contributed by atoms with Gasteiger partial charge in [0.05, 0.1) is 6.10 Å². The molecule has 0 spiro atoms. The van der Waals surface area contributed by atoms with Crippen molar-refractivity contribution < 1.29 is 4.74 Å². The number of thiocarbonyl (C=S) groups is 1. The standard InChI is InChI=1S/C24H41N3OS/c1-3-4-14-21(23-25-24(29)27-26-23)15-12-10-8-6-5-7-9-11-13-20-16-18-22(28-2)19-17-20/h16,21-22H,3-15,17-19H2,1-2H3. The summed E-state index contributed by atoms with van der Waals surface area (Å²) < 4.78 is 5.43. The van der Waals surface area contributed by atoms with Crippen LogP contribution in [0.4, 0.5) is 0 Å². The molecule has 0 saturated heterocycles. The van der Waals surface area contributed by atoms with E-state index in [1.54, 1.807) is 5.57 Å². The summed E-state index contributed by atoms with van der Waals surface area (Å²) in [4.78, 5) is 4.34. The van der Waals surface area contributed by atoms with E-state index in [1.807, 2.05) is 7.11 Å². The van der Waals surface area contributed by atoms with Crippen LogP contribution in [0, 0.1) is 5.92 Å². The summed E-state index contributed by atoms with van der Waals surface area (Å²) in [6.45, 7) is 2.24. The van der Waals surface area contributed by atoms with E-state index in [0.29, 0.717) is 17.1 Å². The van der Waals surface area contributed by atoms with Gasteiger partial charge in [-0.2, -0.15) is 4.99 Å². The molecular formula is C24H41N3OS. The summed E-state index contributed by atoms with van der Waals surface area (Å²) in [6.07, 6.45) is 23.4. The monoisotopic (exact) mass is 419 g/mol. The number of rotatable bonds is 16. The zero-order valence-electron chi connectivity index (χ0n) is 18.7. The van der Waals surface area contributed by atoms with Crippen molar-refractivity contribution in [3.8, 4) is 0 Å². The Morgan fingerprint density at radius 1 is 1.00 bits per heavy atom. The number of methoxy groups -OCH3 is 1. The van der Waals surface area contributed by atoms with Gasteiger partial charge in [-0.3, -0.25) is 0 Å². The molecule has 0 radical (unpaired) electrons. The van der Waals surface area contributed by atoms with Gasteiger partial charge in [0.2, 0.25) is 5.11 Å². The van der Waals surface area contributed by atoms with Crippen LogP contribution in [0.2, 0.25) is 0 Å². The molecule has 164 valence electrons. The minimum absolute atomic E-state index is 0.403. The molecule has 0 bridgehead atoms. The van der Waals surface area contributed by atoms with Gasteiger partial charge in [0.25, 0.3) is 0 Å². The molecule has 0 aromatic heterocycles. The molecule has 0 N–H and O–H groups in total. The van der Waals surface area contributed by atoms with Crippen molar-refractivity contribution in [1.82, 2.24) is 0 Å². The summed E-state index contributed by atoms with van der Waals surface area (Å²) in [5.74, 6) is 1.33. The van der Waals surface area contributed by atoms with Crippen molar-refractivity contribution >= 4 is 23.2 Å². The van der Waals surface area contributed by atoms with E-state index in [4.69, 9.17) is 17.0 Å². The average molecular weight is 420 g/mol. The summed E-state index contributed by atoms with van der Waals surface area (Å²) in [5.41, 5.74) is 1.67. The van der Waals surface area contributed by atoms with E-state index >= 15 is 0 Å². The highest BCUT2D eigenvalue weighted by atomic mass is 32.1. The first kappa shape index (κ1) is 24.3. The number of unbranched alkanes of at least 4 members (excludes halogenated alkanes) is 8. The second-order valence-corrected chi connectivity index (χ2v) is 9.02. The Hall–Kier alpha value is -0.940. The van der Waals surface area contributed by atoms with Crippen molar-refractivity contribution in [2.24, 2.45) is 21.1 Å². The Balaban J connectivity index is 1.45. The number of nitrogens with zero attached hydrogens (tertiary/aromatic N) is 3. The lowest BCUT2D eigenvalue weighted by molar-refractivity contribution is 0.0936. The number of azo groups is 1. The normalized spacial score (nSPS) is 20.1. The number of allylic oxidation sites excluding steroid dienone is 1. The summed E-state index contributed by atoms with van der Waals surface area (Å²) in [6, 6.07) is 0. The Kier molecular flexibility index (Phi) is 12.5. The van der Waals surface area contributed by atoms with Crippen molar-refractivity contribution in [3.05, 3.63) is 11.6 Å². The van der Waals surface area contributed by atoms with E-state index in [0.717, 1.165) is 12.3 Å². The van der Waals surface area contributed by atoms with Gasteiger partial charge in [-0.25, -0.2) is 0 Å². The molecule has 1 aliphatic carbocycles. The predicted octanol–water partition coefficient (Wildman–Crippen LogP) is 7.97. The molecule has 1 aliphatic heterocycles. The Morgan fingerprint density at radius 3 is 2.28 bits per heavy atom. The molecule has 1 heterocycles. The number of aliphatic imine (C=N–C) groups is 1. The van der Waals surface area contributed by atoms with Gasteiger partial charge in [-0.05, 0) is 57.2 Å². The van der Waals surface area contributed by atoms with E-state index in [1.165, 1.54) is 96.3 Å². The maximum Gasteiger partial charge on any atom is 0.241 e. The fraction of sp³-hybridized carbons (Fsp3) is 0.833. The fourth-order valence-corrected chi connectivity index (χ4v) is 4.51. The third-order valence-electron chi connectivity index (χ3n) is 6.31. The molecular weight excluding hydrogens is 378 g/mol. The number of amidine groups is 1. The second-order valence-electron chi connectivity index (χ2n) is 8.65. The van der Waals surface area contributed by atoms with Crippen LogP contribution in [0.25, 0.3) is 0 Å². The molecule has 0 saturated carbocycles. The Morgan fingerprint density at radius 2 is 1.69 bits per heavy atom. The van der Waals surface area contributed by atoms with E-state index in [2.05, 4.69) is 28.2 Å². The smallest absolute Gasteiger partial charge is 0.241 e. The lowest BCUT2D eigenvalue weighted by atomic mass is 9.93. The van der Waals surface area contributed by atoms with Gasteiger partial charge < -0.3 is 4.74 Å². The van der Waals surface area contributed by atoms with Crippen molar-refractivity contribution in [2.75, 3.05) is 7.11 Å². The molecule has 2 atom stereocenters. The second kappa shape index (κ2) is 15.0. The molecule has 2 rings (SSSR count). The van der Waals surface area contributed by atoms with Gasteiger partial charge in [-0.1, -0.05) is 76.4 Å². The summed E-state index contributed by atoms with van der Waals surface area (Å²) >= 11 is 5.03. The third-order valence-corrected chi connectivity index (χ3v) is 6.48. The molecule has 0 aromatic carbocycles. The van der Waals surface area contributed by atoms with Crippen LogP contribution in [0.15, 0.2) is 26.9 Å². The van der Waals surface area contributed by atoms with E-state index in [9.17, 15) is 0 Å². The van der Waals surface area contributed by atoms with Crippen LogP contribution in [0.5, 0.6) is 0 Å². The maximum absolute atomic E-state index is 5.43. The van der Waals surface area contributed by atoms with Gasteiger partial charge in [0, 0.05) is 13.0 Å². The van der Waals surface area contributed by atoms with Crippen LogP contribution in [-0.4, -0.2) is 24.2 Å². The largest absolute Gasteiger partial charge is 0.381 e. The number of hydrogen-bond acceptors (Lipinski definition) is 3. The third kappa shape index (κ3) is 10.1. The van der Waals surface area contributed by atoms with Crippen LogP contribution in [0.3, 0.4) is 0 Å². The first-order valence-corrected chi connectivity index (χ1v) is 12.4. The van der Waals surface area contributed by atoms with Crippen molar-refractivity contribution in [3.63, 3.8) is 0 Å². The Bertz CT molecular complexity index is 570. The minimum atomic E-state index is 0.403. The van der Waals surface area contributed by atoms with E-state index < -0.39 is 0 Å². The highest BCUT2D eigenvalue weighted by Gasteiger charge is 2.19. The molecule has 29 heavy (non-hydrogen) atoms. The lowest BCUT2D eigenvalue weighted by Gasteiger charge is -2.20. The van der Waals surface area contributed by atoms with Crippen LogP contribution >= 0.6 is 12.2 Å². The van der Waals surface area contributed by atoms with Gasteiger partial charge >= 0.3 is 0 Å². The van der Waals surface area contributed by atoms with Crippen LogP contribution < -0.4 is 0 Å². The van der Waals surface area contributed by atoms with Gasteiger partial charge in [0.15, 0.2) is 5.84 Å². The molecule has 5 heteroatoms. The van der Waals surface area contributed by atoms with Crippen LogP contribution in [-0.2, 0) is 4.74 Å². The Labute approximate surface area is 183 Å². The first-order chi connectivity index (χ1) is 14.2. The number of ether oxygens (including phenoxy) is 1. The molecule has 4 nitrogen and oxygen atoms in total. The molecule has 2 aliphatic rings. The molecule has 0 amide bonds. The zero-order valence-corrected chi connectivity index (χ0v) is 19.5. The zero-order chi connectivity index (χ0) is 20.7. The highest BCUT2D eigenvalue weighted by molar-refractivity contribution is 7.80. The SMILES string of the molecule is CCCCC(CCCCCCCCCCC1=CCC(OC)CC1)C1=NC(=S)N=N1. The van der Waals surface area contributed by atoms with Gasteiger partial charge in [-0.15, -0.1) is 10.2 Å². The molecule has 0 aromatic rings. The summed E-state index contributed by atoms with van der Waals surface area (Å²) in [7, 11) is 1.83. The minimum Gasteiger partial charge on any atom is -0.381 e. The predicted molar refractivity (Wildman–Crippen MR) is 127 cm³/mol. The van der Waals surface area contributed by atoms with Crippen molar-refractivity contribution in [2.45, 2.75) is 116 Å². The summed E-state index contributed by atoms with van der Waals surface area (Å²) in [5, 5.41) is 8.52. The fourth-order valence-electron chi connectivity index (χ4n) is 4.37.